The van der Waals surface area contributed by atoms with Crippen molar-refractivity contribution in [1.82, 2.24) is 0 Å². The van der Waals surface area contributed by atoms with Gasteiger partial charge in [-0.25, -0.2) is 0 Å². The monoisotopic (exact) mass is 192 g/mol. The highest BCUT2D eigenvalue weighted by atomic mass is 16.7. The molecule has 1 N–H and O–H groups in total. The highest BCUT2D eigenvalue weighted by Crippen LogP contribution is 2.24. The number of hydrogen-bond donors (Lipinski definition) is 1. The summed E-state index contributed by atoms with van der Waals surface area (Å²) in [5.74, 6) is 0. The summed E-state index contributed by atoms with van der Waals surface area (Å²) in [7, 11) is 4.64. The largest absolute Gasteiger partial charge is 0.382 e. The second-order valence-electron chi connectivity index (χ2n) is 2.92. The van der Waals surface area contributed by atoms with Crippen molar-refractivity contribution in [3.8, 4) is 0 Å². The van der Waals surface area contributed by atoms with Crippen LogP contribution in [0, 0.1) is 0 Å². The summed E-state index contributed by atoms with van der Waals surface area (Å²) >= 11 is 0. The minimum absolute atomic E-state index is 0.269. The zero-order valence-corrected chi connectivity index (χ0v) is 8.10. The highest BCUT2D eigenvalue weighted by molar-refractivity contribution is 4.88. The molecule has 0 aromatic heterocycles. The number of aliphatic hydroxyl groups excluding tert-OH is 1. The van der Waals surface area contributed by atoms with Gasteiger partial charge >= 0.3 is 0 Å². The Morgan fingerprint density at radius 1 is 1.15 bits per heavy atom. The first kappa shape index (κ1) is 10.9. The summed E-state index contributed by atoms with van der Waals surface area (Å²) in [6.07, 6.45) is -1.92. The molecule has 1 heterocycles. The zero-order valence-electron chi connectivity index (χ0n) is 8.10. The molecule has 4 atom stereocenters. The van der Waals surface area contributed by atoms with E-state index in [1.165, 1.54) is 7.11 Å². The molecule has 13 heavy (non-hydrogen) atoms. The zero-order chi connectivity index (χ0) is 9.84. The van der Waals surface area contributed by atoms with E-state index in [9.17, 15) is 5.11 Å². The first-order chi connectivity index (χ1) is 6.24. The van der Waals surface area contributed by atoms with Crippen LogP contribution in [0.2, 0.25) is 0 Å². The maximum Gasteiger partial charge on any atom is 0.184 e. The Labute approximate surface area is 77.5 Å². The average Bonchev–Trinajstić information content (AvgIpc) is 2.41. The summed E-state index contributed by atoms with van der Waals surface area (Å²) < 4.78 is 20.3. The van der Waals surface area contributed by atoms with Crippen LogP contribution in [0.5, 0.6) is 0 Å². The lowest BCUT2D eigenvalue weighted by Gasteiger charge is -2.19. The Morgan fingerprint density at radius 3 is 2.23 bits per heavy atom. The number of aliphatic hydroxyl groups is 1. The van der Waals surface area contributed by atoms with Gasteiger partial charge in [0.2, 0.25) is 0 Å². The third kappa shape index (κ3) is 2.18. The molecule has 0 unspecified atom stereocenters. The van der Waals surface area contributed by atoms with Crippen LogP contribution in [0.1, 0.15) is 0 Å². The fourth-order valence-electron chi connectivity index (χ4n) is 1.54. The van der Waals surface area contributed by atoms with Crippen LogP contribution in [-0.4, -0.2) is 57.6 Å². The van der Waals surface area contributed by atoms with Gasteiger partial charge in [-0.1, -0.05) is 0 Å². The molecule has 5 heteroatoms. The van der Waals surface area contributed by atoms with Crippen molar-refractivity contribution in [1.29, 1.82) is 0 Å². The normalized spacial score (nSPS) is 39.7. The molecule has 1 saturated heterocycles. The summed E-state index contributed by atoms with van der Waals surface area (Å²) in [6.45, 7) is 0.384. The third-order valence-electron chi connectivity index (χ3n) is 2.16. The van der Waals surface area contributed by atoms with Crippen LogP contribution in [0.3, 0.4) is 0 Å². The third-order valence-corrected chi connectivity index (χ3v) is 2.16. The molecule has 0 aliphatic carbocycles. The van der Waals surface area contributed by atoms with Gasteiger partial charge in [0.1, 0.15) is 18.3 Å². The lowest BCUT2D eigenvalue weighted by molar-refractivity contribution is -0.141. The lowest BCUT2D eigenvalue weighted by Crippen LogP contribution is -2.37. The van der Waals surface area contributed by atoms with Gasteiger partial charge in [0.05, 0.1) is 6.61 Å². The number of rotatable bonds is 4. The lowest BCUT2D eigenvalue weighted by atomic mass is 10.1. The summed E-state index contributed by atoms with van der Waals surface area (Å²) in [4.78, 5) is 0. The molecule has 0 bridgehead atoms. The van der Waals surface area contributed by atoms with Gasteiger partial charge in [-0.2, -0.15) is 0 Å². The first-order valence-electron chi connectivity index (χ1n) is 4.12. The first-order valence-corrected chi connectivity index (χ1v) is 4.12. The molecule has 0 aromatic carbocycles. The van der Waals surface area contributed by atoms with Crippen molar-refractivity contribution < 1.29 is 24.1 Å². The van der Waals surface area contributed by atoms with Gasteiger partial charge in [-0.3, -0.25) is 0 Å². The predicted molar refractivity (Wildman–Crippen MR) is 44.3 cm³/mol. The van der Waals surface area contributed by atoms with Gasteiger partial charge in [-0.05, 0) is 0 Å². The summed E-state index contributed by atoms with van der Waals surface area (Å²) in [5, 5.41) is 9.40. The second kappa shape index (κ2) is 4.88. The standard InChI is InChI=1S/C8H16O5/c1-10-4-5-6(11-2)7(12-3)8(9)13-5/h5-9H,4H2,1-3H3/t5-,6+,7-,8+/m1/s1. The van der Waals surface area contributed by atoms with Crippen LogP contribution >= 0.6 is 0 Å². The molecule has 1 aliphatic heterocycles. The Balaban J connectivity index is 2.57. The minimum Gasteiger partial charge on any atom is -0.382 e. The molecule has 78 valence electrons. The average molecular weight is 192 g/mol. The van der Waals surface area contributed by atoms with Gasteiger partial charge in [-0.15, -0.1) is 0 Å². The van der Waals surface area contributed by atoms with Crippen molar-refractivity contribution in [3.05, 3.63) is 0 Å². The van der Waals surface area contributed by atoms with E-state index in [1.807, 2.05) is 0 Å². The maximum absolute atomic E-state index is 9.40. The number of methoxy groups -OCH3 is 3. The van der Waals surface area contributed by atoms with Crippen LogP contribution in [0.25, 0.3) is 0 Å². The van der Waals surface area contributed by atoms with E-state index in [0.29, 0.717) is 6.61 Å². The maximum atomic E-state index is 9.40. The van der Waals surface area contributed by atoms with E-state index in [-0.39, 0.29) is 12.2 Å². The van der Waals surface area contributed by atoms with Crippen LogP contribution < -0.4 is 0 Å². The van der Waals surface area contributed by atoms with E-state index in [1.54, 1.807) is 14.2 Å². The van der Waals surface area contributed by atoms with Crippen LogP contribution in [0.15, 0.2) is 0 Å². The highest BCUT2D eigenvalue weighted by Gasteiger charge is 2.44. The quantitative estimate of drug-likeness (QED) is 0.643. The molecular formula is C8H16O5. The molecule has 1 rings (SSSR count). The predicted octanol–water partition coefficient (Wildman–Crippen LogP) is -0.620. The number of ether oxygens (including phenoxy) is 4. The van der Waals surface area contributed by atoms with E-state index in [2.05, 4.69) is 0 Å². The van der Waals surface area contributed by atoms with E-state index >= 15 is 0 Å². The Hall–Kier alpha value is -0.200. The molecular weight excluding hydrogens is 176 g/mol. The minimum atomic E-state index is -0.935. The number of hydrogen-bond acceptors (Lipinski definition) is 5. The molecule has 0 saturated carbocycles. The van der Waals surface area contributed by atoms with E-state index in [0.717, 1.165) is 0 Å². The molecule has 1 aliphatic rings. The SMILES string of the molecule is COC[C@H]1O[C@H](O)[C@H](OC)[C@H]1OC. The van der Waals surface area contributed by atoms with Crippen LogP contribution in [0.4, 0.5) is 0 Å². The fraction of sp³-hybridized carbons (Fsp3) is 1.00. The Bertz CT molecular complexity index is 151. The van der Waals surface area contributed by atoms with Gasteiger partial charge in [0.15, 0.2) is 6.29 Å². The van der Waals surface area contributed by atoms with Crippen molar-refractivity contribution in [2.24, 2.45) is 0 Å². The second-order valence-corrected chi connectivity index (χ2v) is 2.92. The van der Waals surface area contributed by atoms with Crippen molar-refractivity contribution in [2.75, 3.05) is 27.9 Å². The van der Waals surface area contributed by atoms with Crippen molar-refractivity contribution in [3.63, 3.8) is 0 Å². The van der Waals surface area contributed by atoms with Crippen molar-refractivity contribution in [2.45, 2.75) is 24.6 Å². The Morgan fingerprint density at radius 2 is 1.77 bits per heavy atom. The molecule has 0 radical (unpaired) electrons. The van der Waals surface area contributed by atoms with Crippen molar-refractivity contribution >= 4 is 0 Å². The van der Waals surface area contributed by atoms with E-state index in [4.69, 9.17) is 18.9 Å². The Kier molecular flexibility index (Phi) is 4.08. The van der Waals surface area contributed by atoms with Crippen LogP contribution in [-0.2, 0) is 18.9 Å². The molecule has 0 amide bonds. The van der Waals surface area contributed by atoms with E-state index < -0.39 is 12.4 Å². The van der Waals surface area contributed by atoms with Gasteiger partial charge in [0.25, 0.3) is 0 Å². The molecule has 0 aromatic rings. The van der Waals surface area contributed by atoms with Gasteiger partial charge < -0.3 is 24.1 Å². The summed E-state index contributed by atoms with van der Waals surface area (Å²) in [6, 6.07) is 0. The molecule has 0 spiro atoms. The van der Waals surface area contributed by atoms with Gasteiger partial charge in [0, 0.05) is 21.3 Å². The smallest absolute Gasteiger partial charge is 0.184 e. The molecule has 5 nitrogen and oxygen atoms in total. The molecule has 1 fully saturated rings. The topological polar surface area (TPSA) is 57.2 Å². The summed E-state index contributed by atoms with van der Waals surface area (Å²) in [5.41, 5.74) is 0. The fourth-order valence-corrected chi connectivity index (χ4v) is 1.54.